The molecule has 12 heavy (non-hydrogen) atoms. The van der Waals surface area contributed by atoms with Crippen molar-refractivity contribution in [3.8, 4) is 0 Å². The third kappa shape index (κ3) is 7.57. The SMILES string of the molecule is OC/C=C/CCCC/C(Cl)=N/O. The molecule has 4 heteroatoms. The zero-order valence-electron chi connectivity index (χ0n) is 6.91. The molecule has 0 aromatic rings. The number of unbranched alkanes of at least 4 members (excludes halogenated alkanes) is 2. The average molecular weight is 192 g/mol. The molecule has 2 N–H and O–H groups in total. The topological polar surface area (TPSA) is 52.8 Å². The Morgan fingerprint density at radius 3 is 2.67 bits per heavy atom. The Kier molecular flexibility index (Phi) is 8.17. The first-order chi connectivity index (χ1) is 5.81. The summed E-state index contributed by atoms with van der Waals surface area (Å²) < 4.78 is 0. The van der Waals surface area contributed by atoms with E-state index in [1.54, 1.807) is 6.08 Å². The van der Waals surface area contributed by atoms with E-state index in [4.69, 9.17) is 21.9 Å². The van der Waals surface area contributed by atoms with Gasteiger partial charge in [0.05, 0.1) is 6.61 Å². The second-order valence-electron chi connectivity index (χ2n) is 2.38. The Balaban J connectivity index is 3.16. The van der Waals surface area contributed by atoms with Crippen molar-refractivity contribution in [3.05, 3.63) is 12.2 Å². The van der Waals surface area contributed by atoms with E-state index >= 15 is 0 Å². The minimum Gasteiger partial charge on any atom is -0.410 e. The number of halogens is 1. The Labute approximate surface area is 77.3 Å². The molecule has 0 saturated heterocycles. The Hall–Kier alpha value is -0.540. The lowest BCUT2D eigenvalue weighted by molar-refractivity contribution is 0.319. The molecule has 0 aromatic heterocycles. The molecule has 0 heterocycles. The molecule has 0 atom stereocenters. The van der Waals surface area contributed by atoms with Crippen LogP contribution in [0.15, 0.2) is 17.3 Å². The lowest BCUT2D eigenvalue weighted by Gasteiger charge is -1.94. The zero-order chi connectivity index (χ0) is 9.23. The van der Waals surface area contributed by atoms with Crippen molar-refractivity contribution in [2.45, 2.75) is 25.7 Å². The van der Waals surface area contributed by atoms with Crippen LogP contribution >= 0.6 is 11.6 Å². The lowest BCUT2D eigenvalue weighted by atomic mass is 10.2. The summed E-state index contributed by atoms with van der Waals surface area (Å²) in [7, 11) is 0. The van der Waals surface area contributed by atoms with Gasteiger partial charge >= 0.3 is 0 Å². The molecule has 3 nitrogen and oxygen atoms in total. The number of oxime groups is 1. The summed E-state index contributed by atoms with van der Waals surface area (Å²) >= 11 is 5.45. The number of aliphatic hydroxyl groups is 1. The van der Waals surface area contributed by atoms with E-state index in [-0.39, 0.29) is 11.8 Å². The molecule has 0 bridgehead atoms. The van der Waals surface area contributed by atoms with Gasteiger partial charge in [0.2, 0.25) is 0 Å². The highest BCUT2D eigenvalue weighted by molar-refractivity contribution is 6.65. The highest BCUT2D eigenvalue weighted by Crippen LogP contribution is 2.04. The fourth-order valence-corrected chi connectivity index (χ4v) is 0.909. The molecular weight excluding hydrogens is 178 g/mol. The van der Waals surface area contributed by atoms with E-state index in [0.29, 0.717) is 6.42 Å². The van der Waals surface area contributed by atoms with Crippen molar-refractivity contribution in [1.82, 2.24) is 0 Å². The van der Waals surface area contributed by atoms with Crippen molar-refractivity contribution in [2.75, 3.05) is 6.61 Å². The number of hydrogen-bond acceptors (Lipinski definition) is 3. The Morgan fingerprint density at radius 1 is 1.33 bits per heavy atom. The van der Waals surface area contributed by atoms with Crippen LogP contribution in [0.1, 0.15) is 25.7 Å². The van der Waals surface area contributed by atoms with E-state index in [9.17, 15) is 0 Å². The maximum atomic E-state index is 8.39. The standard InChI is InChI=1S/C8H14ClNO2/c9-8(10-12)6-4-2-1-3-5-7-11/h3,5,11-12H,1-2,4,6-7H2/b5-3+,10-8-. The fourth-order valence-electron chi connectivity index (χ4n) is 0.775. The minimum absolute atomic E-state index is 0.0961. The summed E-state index contributed by atoms with van der Waals surface area (Å²) in [6.07, 6.45) is 7.06. The van der Waals surface area contributed by atoms with Gasteiger partial charge in [0, 0.05) is 6.42 Å². The van der Waals surface area contributed by atoms with Crippen LogP contribution in [0.25, 0.3) is 0 Å². The van der Waals surface area contributed by atoms with Crippen LogP contribution in [-0.4, -0.2) is 22.1 Å². The van der Waals surface area contributed by atoms with Gasteiger partial charge in [-0.25, -0.2) is 0 Å². The minimum atomic E-state index is 0.0961. The Bertz CT molecular complexity index is 157. The molecule has 0 aromatic carbocycles. The van der Waals surface area contributed by atoms with E-state index in [2.05, 4.69) is 5.16 Å². The summed E-state index contributed by atoms with van der Waals surface area (Å²) in [5.74, 6) is 0. The summed E-state index contributed by atoms with van der Waals surface area (Å²) in [5.41, 5.74) is 0. The van der Waals surface area contributed by atoms with Crippen LogP contribution in [-0.2, 0) is 0 Å². The fraction of sp³-hybridized carbons (Fsp3) is 0.625. The number of rotatable bonds is 6. The summed E-state index contributed by atoms with van der Waals surface area (Å²) in [6, 6.07) is 0. The van der Waals surface area contributed by atoms with Gasteiger partial charge in [-0.1, -0.05) is 28.9 Å². The van der Waals surface area contributed by atoms with Gasteiger partial charge in [0.15, 0.2) is 0 Å². The molecule has 0 spiro atoms. The van der Waals surface area contributed by atoms with Crippen LogP contribution in [0.4, 0.5) is 0 Å². The molecule has 0 aliphatic rings. The quantitative estimate of drug-likeness (QED) is 0.222. The highest BCUT2D eigenvalue weighted by Gasteiger charge is 1.93. The van der Waals surface area contributed by atoms with Gasteiger partial charge in [0.25, 0.3) is 0 Å². The van der Waals surface area contributed by atoms with Gasteiger partial charge in [-0.15, -0.1) is 0 Å². The first-order valence-corrected chi connectivity index (χ1v) is 4.31. The van der Waals surface area contributed by atoms with Gasteiger partial charge in [-0.05, 0) is 19.3 Å². The molecule has 0 amide bonds. The third-order valence-electron chi connectivity index (χ3n) is 1.38. The van der Waals surface area contributed by atoms with Crippen LogP contribution < -0.4 is 0 Å². The number of aliphatic hydroxyl groups excluding tert-OH is 1. The normalized spacial score (nSPS) is 12.7. The summed E-state index contributed by atoms with van der Waals surface area (Å²) in [4.78, 5) is 0. The number of hydrogen-bond donors (Lipinski definition) is 2. The van der Waals surface area contributed by atoms with Crippen LogP contribution in [0.3, 0.4) is 0 Å². The second kappa shape index (κ2) is 8.56. The second-order valence-corrected chi connectivity index (χ2v) is 2.81. The van der Waals surface area contributed by atoms with Gasteiger partial charge in [0.1, 0.15) is 5.17 Å². The van der Waals surface area contributed by atoms with Gasteiger partial charge < -0.3 is 10.3 Å². The van der Waals surface area contributed by atoms with E-state index in [1.165, 1.54) is 0 Å². The van der Waals surface area contributed by atoms with Gasteiger partial charge in [-0.3, -0.25) is 0 Å². The molecule has 0 aliphatic carbocycles. The third-order valence-corrected chi connectivity index (χ3v) is 1.65. The molecule has 0 aliphatic heterocycles. The zero-order valence-corrected chi connectivity index (χ0v) is 7.67. The van der Waals surface area contributed by atoms with Crippen molar-refractivity contribution in [3.63, 3.8) is 0 Å². The monoisotopic (exact) mass is 191 g/mol. The van der Waals surface area contributed by atoms with E-state index < -0.39 is 0 Å². The largest absolute Gasteiger partial charge is 0.410 e. The van der Waals surface area contributed by atoms with Crippen LogP contribution in [0, 0.1) is 0 Å². The predicted octanol–water partition coefficient (Wildman–Crippen LogP) is 2.12. The first kappa shape index (κ1) is 11.5. The summed E-state index contributed by atoms with van der Waals surface area (Å²) in [6.45, 7) is 0.0961. The molecule has 70 valence electrons. The van der Waals surface area contributed by atoms with Gasteiger partial charge in [-0.2, -0.15) is 0 Å². The van der Waals surface area contributed by atoms with Crippen LogP contribution in [0.2, 0.25) is 0 Å². The van der Waals surface area contributed by atoms with Crippen molar-refractivity contribution >= 4 is 16.8 Å². The smallest absolute Gasteiger partial charge is 0.145 e. The average Bonchev–Trinajstić information content (AvgIpc) is 2.10. The molecule has 0 radical (unpaired) electrons. The highest BCUT2D eigenvalue weighted by atomic mass is 35.5. The molecule has 0 unspecified atom stereocenters. The summed E-state index contributed by atoms with van der Waals surface area (Å²) in [5, 5.41) is 19.7. The molecule has 0 fully saturated rings. The van der Waals surface area contributed by atoms with Crippen molar-refractivity contribution in [2.24, 2.45) is 5.16 Å². The predicted molar refractivity (Wildman–Crippen MR) is 49.8 cm³/mol. The first-order valence-electron chi connectivity index (χ1n) is 3.93. The molecule has 0 rings (SSSR count). The van der Waals surface area contributed by atoms with Crippen molar-refractivity contribution in [1.29, 1.82) is 0 Å². The molecule has 0 saturated carbocycles. The lowest BCUT2D eigenvalue weighted by Crippen LogP contribution is -1.86. The molecular formula is C8H14ClNO2. The number of nitrogens with zero attached hydrogens (tertiary/aromatic N) is 1. The van der Waals surface area contributed by atoms with E-state index in [1.807, 2.05) is 6.08 Å². The Morgan fingerprint density at radius 2 is 2.08 bits per heavy atom. The van der Waals surface area contributed by atoms with Crippen LogP contribution in [0.5, 0.6) is 0 Å². The maximum absolute atomic E-state index is 8.39. The van der Waals surface area contributed by atoms with E-state index in [0.717, 1.165) is 19.3 Å². The maximum Gasteiger partial charge on any atom is 0.145 e. The van der Waals surface area contributed by atoms with Crippen molar-refractivity contribution < 1.29 is 10.3 Å². The number of allylic oxidation sites excluding steroid dienone is 1.